The third-order valence-electron chi connectivity index (χ3n) is 1.96. The number of ether oxygens (including phenoxy) is 2. The lowest BCUT2D eigenvalue weighted by atomic mass is 10.1. The maximum Gasteiger partial charge on any atom is 0.364 e. The summed E-state index contributed by atoms with van der Waals surface area (Å²) < 4.78 is 10.7. The lowest BCUT2D eigenvalue weighted by Crippen LogP contribution is -3.00. The minimum absolute atomic E-state index is 0. The number of halogens is 1. The zero-order chi connectivity index (χ0) is 11.9. The Morgan fingerprint density at radius 2 is 2.00 bits per heavy atom. The maximum absolute atomic E-state index is 11.2. The summed E-state index contributed by atoms with van der Waals surface area (Å²) in [6, 6.07) is -0.323. The van der Waals surface area contributed by atoms with Gasteiger partial charge in [-0.1, -0.05) is 13.3 Å². The Kier molecular flexibility index (Phi) is 9.92. The van der Waals surface area contributed by atoms with Gasteiger partial charge in [-0.2, -0.15) is 0 Å². The molecular formula is C11H24ClNO3. The molecule has 0 aliphatic carbocycles. The molecule has 0 bridgehead atoms. The van der Waals surface area contributed by atoms with Gasteiger partial charge in [0.25, 0.3) is 0 Å². The van der Waals surface area contributed by atoms with Gasteiger partial charge < -0.3 is 27.6 Å². The fraction of sp³-hybridized carbons (Fsp3) is 0.909. The van der Waals surface area contributed by atoms with E-state index in [9.17, 15) is 4.79 Å². The van der Waals surface area contributed by atoms with Crippen molar-refractivity contribution in [2.24, 2.45) is 0 Å². The van der Waals surface area contributed by atoms with Crippen LogP contribution in [0.5, 0.6) is 0 Å². The number of unbranched alkanes of at least 4 members (excludes halogenated alkanes) is 1. The Bertz CT molecular complexity index is 196. The molecule has 0 saturated heterocycles. The van der Waals surface area contributed by atoms with Gasteiger partial charge in [-0.25, -0.2) is 4.79 Å². The van der Waals surface area contributed by atoms with Gasteiger partial charge in [0.1, 0.15) is 6.61 Å². The van der Waals surface area contributed by atoms with Crippen LogP contribution in [-0.4, -0.2) is 30.8 Å². The van der Waals surface area contributed by atoms with Crippen LogP contribution in [0, 0.1) is 0 Å². The van der Waals surface area contributed by atoms with Gasteiger partial charge in [0, 0.05) is 6.61 Å². The summed E-state index contributed by atoms with van der Waals surface area (Å²) >= 11 is 0. The summed E-state index contributed by atoms with van der Waals surface area (Å²) in [6.07, 6.45) is 2.13. The predicted octanol–water partition coefficient (Wildman–Crippen LogP) is -2.24. The Hall–Kier alpha value is -0.320. The van der Waals surface area contributed by atoms with E-state index < -0.39 is 5.60 Å². The molecule has 0 unspecified atom stereocenters. The van der Waals surface area contributed by atoms with Crippen molar-refractivity contribution in [3.8, 4) is 0 Å². The van der Waals surface area contributed by atoms with Gasteiger partial charge in [0.2, 0.25) is 0 Å². The van der Waals surface area contributed by atoms with Crippen LogP contribution in [0.1, 0.15) is 40.5 Å². The van der Waals surface area contributed by atoms with Gasteiger partial charge in [0.05, 0.1) is 5.60 Å². The van der Waals surface area contributed by atoms with E-state index in [4.69, 9.17) is 9.47 Å². The van der Waals surface area contributed by atoms with Crippen LogP contribution in [0.25, 0.3) is 0 Å². The van der Waals surface area contributed by atoms with Crippen LogP contribution in [0.4, 0.5) is 0 Å². The molecule has 0 aromatic rings. The zero-order valence-electron chi connectivity index (χ0n) is 10.7. The zero-order valence-corrected chi connectivity index (χ0v) is 11.5. The average molecular weight is 254 g/mol. The highest BCUT2D eigenvalue weighted by Crippen LogP contribution is 2.10. The van der Waals surface area contributed by atoms with Crippen molar-refractivity contribution >= 4 is 5.97 Å². The van der Waals surface area contributed by atoms with E-state index in [2.05, 4.69) is 12.7 Å². The first-order valence-electron chi connectivity index (χ1n) is 5.52. The molecule has 16 heavy (non-hydrogen) atoms. The number of hydrogen-bond donors (Lipinski definition) is 1. The molecule has 1 atom stereocenters. The van der Waals surface area contributed by atoms with E-state index in [0.29, 0.717) is 6.61 Å². The standard InChI is InChI=1S/C11H23NO3.ClH/c1-5-6-7-15-11(3,4)8-14-10(13)9(2)12;/h9H,5-8,12H2,1-4H3;1H/t9-;/m0./s1. The van der Waals surface area contributed by atoms with Gasteiger partial charge >= 0.3 is 5.97 Å². The minimum Gasteiger partial charge on any atom is -1.00 e. The summed E-state index contributed by atoms with van der Waals surface area (Å²) in [4.78, 5) is 11.2. The molecular weight excluding hydrogens is 230 g/mol. The van der Waals surface area contributed by atoms with E-state index in [0.717, 1.165) is 12.8 Å². The number of carbonyl (C=O) groups excluding carboxylic acids is 1. The molecule has 0 radical (unpaired) electrons. The summed E-state index contributed by atoms with van der Waals surface area (Å²) in [6.45, 7) is 8.66. The molecule has 0 saturated carbocycles. The third kappa shape index (κ3) is 8.95. The summed E-state index contributed by atoms with van der Waals surface area (Å²) in [7, 11) is 0. The molecule has 0 amide bonds. The Balaban J connectivity index is 0. The van der Waals surface area contributed by atoms with Gasteiger partial charge in [-0.3, -0.25) is 0 Å². The van der Waals surface area contributed by atoms with Crippen LogP contribution in [-0.2, 0) is 14.3 Å². The van der Waals surface area contributed by atoms with E-state index in [1.54, 1.807) is 6.92 Å². The first kappa shape index (κ1) is 18.1. The predicted molar refractivity (Wildman–Crippen MR) is 58.2 cm³/mol. The summed E-state index contributed by atoms with van der Waals surface area (Å²) in [5, 5.41) is 0. The highest BCUT2D eigenvalue weighted by Gasteiger charge is 2.22. The van der Waals surface area contributed by atoms with Crippen LogP contribution < -0.4 is 18.1 Å². The Morgan fingerprint density at radius 1 is 1.44 bits per heavy atom. The van der Waals surface area contributed by atoms with Crippen molar-refractivity contribution in [2.45, 2.75) is 52.2 Å². The van der Waals surface area contributed by atoms with Crippen molar-refractivity contribution < 1.29 is 32.4 Å². The molecule has 0 aromatic carbocycles. The van der Waals surface area contributed by atoms with Gasteiger partial charge in [-0.05, 0) is 27.2 Å². The number of carbonyl (C=O) groups is 1. The van der Waals surface area contributed by atoms with Crippen molar-refractivity contribution in [1.29, 1.82) is 0 Å². The second-order valence-electron chi connectivity index (χ2n) is 4.47. The normalized spacial score (nSPS) is 12.8. The topological polar surface area (TPSA) is 63.2 Å². The third-order valence-corrected chi connectivity index (χ3v) is 1.96. The van der Waals surface area contributed by atoms with Crippen molar-refractivity contribution in [2.75, 3.05) is 13.2 Å². The largest absolute Gasteiger partial charge is 1.00 e. The quantitative estimate of drug-likeness (QED) is 0.412. The molecule has 98 valence electrons. The Labute approximate surface area is 104 Å². The van der Waals surface area contributed by atoms with Gasteiger partial charge in [0.15, 0.2) is 6.04 Å². The van der Waals surface area contributed by atoms with Crippen LogP contribution in [0.3, 0.4) is 0 Å². The lowest BCUT2D eigenvalue weighted by molar-refractivity contribution is -0.403. The highest BCUT2D eigenvalue weighted by molar-refractivity contribution is 5.73. The number of hydrogen-bond acceptors (Lipinski definition) is 3. The lowest BCUT2D eigenvalue weighted by Gasteiger charge is -2.24. The second kappa shape index (κ2) is 8.79. The fourth-order valence-corrected chi connectivity index (χ4v) is 0.922. The number of esters is 1. The molecule has 0 aromatic heterocycles. The molecule has 3 N–H and O–H groups in total. The maximum atomic E-state index is 11.2. The molecule has 5 heteroatoms. The molecule has 0 rings (SSSR count). The minimum atomic E-state index is -0.403. The molecule has 0 aliphatic rings. The van der Waals surface area contributed by atoms with E-state index >= 15 is 0 Å². The van der Waals surface area contributed by atoms with E-state index in [1.165, 1.54) is 0 Å². The number of rotatable bonds is 7. The second-order valence-corrected chi connectivity index (χ2v) is 4.47. The van der Waals surface area contributed by atoms with E-state index in [-0.39, 0.29) is 31.0 Å². The van der Waals surface area contributed by atoms with Crippen LogP contribution in [0.2, 0.25) is 0 Å². The average Bonchev–Trinajstić information content (AvgIpc) is 2.14. The van der Waals surface area contributed by atoms with Gasteiger partial charge in [-0.15, -0.1) is 0 Å². The molecule has 4 nitrogen and oxygen atoms in total. The molecule has 0 aliphatic heterocycles. The molecule has 0 spiro atoms. The number of quaternary nitrogens is 1. The summed E-state index contributed by atoms with van der Waals surface area (Å²) in [5.74, 6) is -0.276. The summed E-state index contributed by atoms with van der Waals surface area (Å²) in [5.41, 5.74) is 3.20. The highest BCUT2D eigenvalue weighted by atomic mass is 35.5. The van der Waals surface area contributed by atoms with Crippen molar-refractivity contribution in [1.82, 2.24) is 0 Å². The smallest absolute Gasteiger partial charge is 0.364 e. The Morgan fingerprint density at radius 3 is 2.44 bits per heavy atom. The first-order chi connectivity index (χ1) is 6.89. The molecule has 0 heterocycles. The van der Waals surface area contributed by atoms with Crippen LogP contribution in [0.15, 0.2) is 0 Å². The van der Waals surface area contributed by atoms with Crippen molar-refractivity contribution in [3.05, 3.63) is 0 Å². The molecule has 0 fully saturated rings. The van der Waals surface area contributed by atoms with E-state index in [1.807, 2.05) is 13.8 Å². The SMILES string of the molecule is CCCCOC(C)(C)COC(=O)[C@H](C)[NH3+].[Cl-]. The van der Waals surface area contributed by atoms with Crippen molar-refractivity contribution in [3.63, 3.8) is 0 Å². The monoisotopic (exact) mass is 253 g/mol. The van der Waals surface area contributed by atoms with Crippen LogP contribution >= 0.6 is 0 Å². The first-order valence-corrected chi connectivity index (χ1v) is 5.52. The fourth-order valence-electron chi connectivity index (χ4n) is 0.922.